The molecule has 2 nitrogen and oxygen atoms in total. The molecule has 0 aliphatic rings. The van der Waals surface area contributed by atoms with Gasteiger partial charge in [-0.25, -0.2) is 0 Å². The van der Waals surface area contributed by atoms with Crippen LogP contribution in [-0.4, -0.2) is 29.8 Å². The van der Waals surface area contributed by atoms with Crippen LogP contribution in [0.15, 0.2) is 0 Å². The molecule has 0 rings (SSSR count). The van der Waals surface area contributed by atoms with Crippen LogP contribution in [0.2, 0.25) is 39.3 Å². The Morgan fingerprint density at radius 1 is 0.789 bits per heavy atom. The molecule has 0 aliphatic carbocycles. The maximum atomic E-state index is 6.22. The summed E-state index contributed by atoms with van der Waals surface area (Å²) in [4.78, 5) is 0. The summed E-state index contributed by atoms with van der Waals surface area (Å²) in [6.45, 7) is 19.9. The van der Waals surface area contributed by atoms with Gasteiger partial charge in [0.25, 0.3) is 0 Å². The Morgan fingerprint density at radius 2 is 1.21 bits per heavy atom. The molecule has 4 heteroatoms. The van der Waals surface area contributed by atoms with Gasteiger partial charge in [0.15, 0.2) is 16.6 Å². The van der Waals surface area contributed by atoms with Gasteiger partial charge in [0.1, 0.15) is 0 Å². The van der Waals surface area contributed by atoms with Gasteiger partial charge in [-0.15, -0.1) is 0 Å². The summed E-state index contributed by atoms with van der Waals surface area (Å²) in [6, 6.07) is 0. The van der Waals surface area contributed by atoms with Gasteiger partial charge in [-0.1, -0.05) is 26.7 Å². The largest absolute Gasteiger partial charge is 0.417 e. The van der Waals surface area contributed by atoms with E-state index in [0.29, 0.717) is 0 Å². The van der Waals surface area contributed by atoms with Crippen LogP contribution in [0.25, 0.3) is 0 Å². The van der Waals surface area contributed by atoms with E-state index in [2.05, 4.69) is 53.1 Å². The fraction of sp³-hybridized carbons (Fsp3) is 1.00. The lowest BCUT2D eigenvalue weighted by atomic mass is 9.82. The van der Waals surface area contributed by atoms with Crippen molar-refractivity contribution in [1.82, 2.24) is 0 Å². The first-order valence-electron chi connectivity index (χ1n) is 7.81. The summed E-state index contributed by atoms with van der Waals surface area (Å²) >= 11 is 0. The molecule has 19 heavy (non-hydrogen) atoms. The molecule has 0 radical (unpaired) electrons. The monoisotopic (exact) mass is 304 g/mol. The van der Waals surface area contributed by atoms with Crippen LogP contribution in [0, 0.1) is 5.41 Å². The van der Waals surface area contributed by atoms with Gasteiger partial charge in [-0.05, 0) is 52.1 Å². The molecule has 0 bridgehead atoms. The maximum Gasteiger partial charge on any atom is 0.183 e. The average Bonchev–Trinajstić information content (AvgIpc) is 2.26. The quantitative estimate of drug-likeness (QED) is 0.511. The van der Waals surface area contributed by atoms with Crippen LogP contribution < -0.4 is 0 Å². The van der Waals surface area contributed by atoms with Crippen LogP contribution in [0.4, 0.5) is 0 Å². The molecule has 0 spiro atoms. The zero-order valence-electron chi connectivity index (χ0n) is 14.6. The maximum absolute atomic E-state index is 6.22. The Bertz CT molecular complexity index is 224. The van der Waals surface area contributed by atoms with Gasteiger partial charge in [0, 0.05) is 18.6 Å². The van der Waals surface area contributed by atoms with Crippen LogP contribution in [0.3, 0.4) is 0 Å². The third kappa shape index (κ3) is 9.82. The van der Waals surface area contributed by atoms with Gasteiger partial charge >= 0.3 is 0 Å². The standard InChI is InChI=1S/C15H36O2Si2/c1-9-11-12-15(10-2,13-16-18(3,4)5)14-17-19(6,7)8/h9-14H2,1-8H3. The van der Waals surface area contributed by atoms with Crippen molar-refractivity contribution < 1.29 is 8.85 Å². The molecule has 0 aromatic rings. The predicted octanol–water partition coefficient (Wildman–Crippen LogP) is 5.28. The number of unbranched alkanes of at least 4 members (excludes halogenated alkanes) is 1. The van der Waals surface area contributed by atoms with Crippen molar-refractivity contribution in [2.24, 2.45) is 5.41 Å². The normalized spacial score (nSPS) is 13.9. The Labute approximate surface area is 123 Å². The molecule has 0 aromatic heterocycles. The molecule has 0 unspecified atom stereocenters. The second kappa shape index (κ2) is 7.96. The fourth-order valence-corrected chi connectivity index (χ4v) is 3.34. The molecule has 0 heterocycles. The van der Waals surface area contributed by atoms with E-state index >= 15 is 0 Å². The van der Waals surface area contributed by atoms with E-state index in [0.717, 1.165) is 19.6 Å². The Morgan fingerprint density at radius 3 is 1.47 bits per heavy atom. The third-order valence-electron chi connectivity index (χ3n) is 3.43. The van der Waals surface area contributed by atoms with E-state index in [1.54, 1.807) is 0 Å². The lowest BCUT2D eigenvalue weighted by molar-refractivity contribution is 0.0576. The second-order valence-electron chi connectivity index (χ2n) is 7.76. The third-order valence-corrected chi connectivity index (χ3v) is 5.45. The topological polar surface area (TPSA) is 18.5 Å². The van der Waals surface area contributed by atoms with Crippen LogP contribution in [0.1, 0.15) is 39.5 Å². The van der Waals surface area contributed by atoms with Gasteiger partial charge in [0.05, 0.1) is 0 Å². The molecular weight excluding hydrogens is 268 g/mol. The van der Waals surface area contributed by atoms with Gasteiger partial charge in [0.2, 0.25) is 0 Å². The molecule has 0 atom stereocenters. The Hall–Kier alpha value is 0.354. The second-order valence-corrected chi connectivity index (χ2v) is 16.8. The minimum Gasteiger partial charge on any atom is -0.417 e. The molecule has 0 aliphatic heterocycles. The molecule has 116 valence electrons. The highest BCUT2D eigenvalue weighted by Crippen LogP contribution is 2.32. The van der Waals surface area contributed by atoms with Gasteiger partial charge in [-0.2, -0.15) is 0 Å². The van der Waals surface area contributed by atoms with Gasteiger partial charge < -0.3 is 8.85 Å². The summed E-state index contributed by atoms with van der Waals surface area (Å²) in [7, 11) is -2.88. The minimum absolute atomic E-state index is 0.233. The Kier molecular flexibility index (Phi) is 8.11. The van der Waals surface area contributed by atoms with E-state index in [9.17, 15) is 0 Å². The SMILES string of the molecule is CCCCC(CC)(CO[Si](C)(C)C)CO[Si](C)(C)C. The van der Waals surface area contributed by atoms with E-state index in [1.807, 2.05) is 0 Å². The lowest BCUT2D eigenvalue weighted by Crippen LogP contribution is -2.40. The number of hydrogen-bond acceptors (Lipinski definition) is 2. The van der Waals surface area contributed by atoms with Crippen LogP contribution in [0.5, 0.6) is 0 Å². The lowest BCUT2D eigenvalue weighted by Gasteiger charge is -2.37. The van der Waals surface area contributed by atoms with E-state index in [4.69, 9.17) is 8.85 Å². The van der Waals surface area contributed by atoms with Crippen molar-refractivity contribution in [3.8, 4) is 0 Å². The summed E-state index contributed by atoms with van der Waals surface area (Å²) in [5, 5.41) is 0. The first-order valence-corrected chi connectivity index (χ1v) is 14.6. The first kappa shape index (κ1) is 19.4. The highest BCUT2D eigenvalue weighted by Gasteiger charge is 2.32. The predicted molar refractivity (Wildman–Crippen MR) is 90.8 cm³/mol. The molecule has 0 saturated heterocycles. The summed E-state index contributed by atoms with van der Waals surface area (Å²) in [6.07, 6.45) is 4.91. The van der Waals surface area contributed by atoms with Crippen molar-refractivity contribution in [2.45, 2.75) is 78.8 Å². The molecule has 0 aromatic carbocycles. The minimum atomic E-state index is -1.44. The van der Waals surface area contributed by atoms with Crippen molar-refractivity contribution in [1.29, 1.82) is 0 Å². The van der Waals surface area contributed by atoms with Crippen molar-refractivity contribution in [3.63, 3.8) is 0 Å². The molecule has 0 fully saturated rings. The molecule has 0 amide bonds. The molecule has 0 saturated carbocycles. The van der Waals surface area contributed by atoms with E-state index in [1.165, 1.54) is 19.3 Å². The summed E-state index contributed by atoms with van der Waals surface area (Å²) in [5.74, 6) is 0. The molecular formula is C15H36O2Si2. The average molecular weight is 305 g/mol. The van der Waals surface area contributed by atoms with E-state index in [-0.39, 0.29) is 5.41 Å². The first-order chi connectivity index (χ1) is 8.54. The Balaban J connectivity index is 4.67. The zero-order chi connectivity index (χ0) is 15.2. The zero-order valence-corrected chi connectivity index (χ0v) is 16.6. The van der Waals surface area contributed by atoms with Gasteiger partial charge in [-0.3, -0.25) is 0 Å². The van der Waals surface area contributed by atoms with Crippen molar-refractivity contribution >= 4 is 16.6 Å². The van der Waals surface area contributed by atoms with Crippen LogP contribution >= 0.6 is 0 Å². The number of rotatable bonds is 10. The van der Waals surface area contributed by atoms with Crippen molar-refractivity contribution in [3.05, 3.63) is 0 Å². The highest BCUT2D eigenvalue weighted by atomic mass is 28.4. The fourth-order valence-electron chi connectivity index (χ4n) is 1.86. The summed E-state index contributed by atoms with van der Waals surface area (Å²) in [5.41, 5.74) is 0.233. The number of hydrogen-bond donors (Lipinski definition) is 0. The van der Waals surface area contributed by atoms with Crippen LogP contribution in [-0.2, 0) is 8.85 Å². The van der Waals surface area contributed by atoms with Crippen molar-refractivity contribution in [2.75, 3.05) is 13.2 Å². The summed E-state index contributed by atoms with van der Waals surface area (Å²) < 4.78 is 12.4. The highest BCUT2D eigenvalue weighted by molar-refractivity contribution is 6.70. The molecule has 0 N–H and O–H groups in total. The van der Waals surface area contributed by atoms with E-state index < -0.39 is 16.6 Å². The smallest absolute Gasteiger partial charge is 0.183 e.